The number of hydrogen-bond donors (Lipinski definition) is 0. The van der Waals surface area contributed by atoms with Gasteiger partial charge in [-0.25, -0.2) is 0 Å². The van der Waals surface area contributed by atoms with Gasteiger partial charge in [-0.05, 0) is 14.0 Å². The van der Waals surface area contributed by atoms with E-state index in [1.165, 1.54) is 0 Å². The zero-order chi connectivity index (χ0) is 6.15. The van der Waals surface area contributed by atoms with E-state index in [2.05, 4.69) is 18.9 Å². The van der Waals surface area contributed by atoms with Gasteiger partial charge in [-0.1, -0.05) is 0 Å². The van der Waals surface area contributed by atoms with Gasteiger partial charge >= 0.3 is 0 Å². The molecule has 0 aliphatic carbocycles. The zero-order valence-corrected chi connectivity index (χ0v) is 5.72. The molecule has 2 nitrogen and oxygen atoms in total. The standard InChI is InChI=1S/C6H13NO/c1-5-6(8-3)4-7(5)2/h5-6H,4H2,1-3H3/t5-,6+/m0/s1. The minimum atomic E-state index is 0.486. The molecule has 2 atom stereocenters. The van der Waals surface area contributed by atoms with Crippen molar-refractivity contribution < 1.29 is 4.74 Å². The lowest BCUT2D eigenvalue weighted by Crippen LogP contribution is -2.56. The smallest absolute Gasteiger partial charge is 0.0850 e. The molecule has 1 saturated heterocycles. The Morgan fingerprint density at radius 1 is 1.62 bits per heavy atom. The van der Waals surface area contributed by atoms with Crippen molar-refractivity contribution in [2.75, 3.05) is 20.7 Å². The van der Waals surface area contributed by atoms with Crippen molar-refractivity contribution in [3.05, 3.63) is 0 Å². The molecule has 0 radical (unpaired) electrons. The first-order valence-corrected chi connectivity index (χ1v) is 2.98. The molecule has 2 heteroatoms. The average molecular weight is 115 g/mol. The molecule has 48 valence electrons. The van der Waals surface area contributed by atoms with Gasteiger partial charge < -0.3 is 4.74 Å². The number of rotatable bonds is 1. The Labute approximate surface area is 50.4 Å². The number of ether oxygens (including phenoxy) is 1. The Hall–Kier alpha value is -0.0800. The van der Waals surface area contributed by atoms with Crippen molar-refractivity contribution in [3.8, 4) is 0 Å². The molecule has 0 spiro atoms. The fourth-order valence-corrected chi connectivity index (χ4v) is 1.02. The number of likely N-dealkylation sites (tertiary alicyclic amines) is 1. The average Bonchev–Trinajstić information content (AvgIpc) is 1.81. The lowest BCUT2D eigenvalue weighted by Gasteiger charge is -2.42. The molecule has 0 N–H and O–H groups in total. The van der Waals surface area contributed by atoms with E-state index in [1.54, 1.807) is 7.11 Å². The van der Waals surface area contributed by atoms with Crippen molar-refractivity contribution in [3.63, 3.8) is 0 Å². The number of hydrogen-bond acceptors (Lipinski definition) is 2. The number of likely N-dealkylation sites (N-methyl/N-ethyl adjacent to an activating group) is 1. The molecular weight excluding hydrogens is 102 g/mol. The van der Waals surface area contributed by atoms with E-state index in [-0.39, 0.29) is 0 Å². The summed E-state index contributed by atoms with van der Waals surface area (Å²) in [7, 11) is 3.88. The zero-order valence-electron chi connectivity index (χ0n) is 5.72. The summed E-state index contributed by atoms with van der Waals surface area (Å²) in [4.78, 5) is 2.27. The van der Waals surface area contributed by atoms with Gasteiger partial charge in [0.1, 0.15) is 0 Å². The highest BCUT2D eigenvalue weighted by atomic mass is 16.5. The van der Waals surface area contributed by atoms with Crippen molar-refractivity contribution in [1.29, 1.82) is 0 Å². The van der Waals surface area contributed by atoms with Gasteiger partial charge in [-0.2, -0.15) is 0 Å². The van der Waals surface area contributed by atoms with Crippen molar-refractivity contribution in [2.45, 2.75) is 19.1 Å². The summed E-state index contributed by atoms with van der Waals surface area (Å²) >= 11 is 0. The van der Waals surface area contributed by atoms with E-state index in [1.807, 2.05) is 0 Å². The fraction of sp³-hybridized carbons (Fsp3) is 1.00. The van der Waals surface area contributed by atoms with E-state index < -0.39 is 0 Å². The molecule has 1 rings (SSSR count). The Morgan fingerprint density at radius 2 is 2.25 bits per heavy atom. The molecule has 0 bridgehead atoms. The van der Waals surface area contributed by atoms with Crippen LogP contribution in [0, 0.1) is 0 Å². The SMILES string of the molecule is CO[C@@H]1CN(C)[C@H]1C. The Balaban J connectivity index is 2.25. The number of nitrogens with zero attached hydrogens (tertiary/aromatic N) is 1. The third-order valence-electron chi connectivity index (χ3n) is 2.00. The van der Waals surface area contributed by atoms with Crippen molar-refractivity contribution >= 4 is 0 Å². The lowest BCUT2D eigenvalue weighted by molar-refractivity contribution is -0.0627. The van der Waals surface area contributed by atoms with Gasteiger partial charge in [0.25, 0.3) is 0 Å². The van der Waals surface area contributed by atoms with Crippen LogP contribution in [0.15, 0.2) is 0 Å². The van der Waals surface area contributed by atoms with Crippen LogP contribution in [0.5, 0.6) is 0 Å². The quantitative estimate of drug-likeness (QED) is 0.488. The van der Waals surface area contributed by atoms with E-state index >= 15 is 0 Å². The molecule has 1 aliphatic rings. The fourth-order valence-electron chi connectivity index (χ4n) is 1.02. The van der Waals surface area contributed by atoms with Crippen LogP contribution in [0.1, 0.15) is 6.92 Å². The Bertz CT molecular complexity index is 84.6. The summed E-state index contributed by atoms with van der Waals surface area (Å²) in [6.07, 6.45) is 0.486. The van der Waals surface area contributed by atoms with Gasteiger partial charge in [0.2, 0.25) is 0 Å². The molecule has 0 aromatic rings. The summed E-state index contributed by atoms with van der Waals surface area (Å²) in [6, 6.07) is 0.625. The topological polar surface area (TPSA) is 12.5 Å². The van der Waals surface area contributed by atoms with Crippen LogP contribution in [0.4, 0.5) is 0 Å². The van der Waals surface area contributed by atoms with Crippen LogP contribution in [0.3, 0.4) is 0 Å². The third kappa shape index (κ3) is 0.740. The van der Waals surface area contributed by atoms with Gasteiger partial charge in [0.15, 0.2) is 0 Å². The largest absolute Gasteiger partial charge is 0.379 e. The summed E-state index contributed by atoms with van der Waals surface area (Å²) in [6.45, 7) is 3.27. The van der Waals surface area contributed by atoms with Crippen LogP contribution in [0.25, 0.3) is 0 Å². The molecule has 0 saturated carbocycles. The summed E-state index contributed by atoms with van der Waals surface area (Å²) in [5.74, 6) is 0. The van der Waals surface area contributed by atoms with Gasteiger partial charge in [0.05, 0.1) is 6.10 Å². The molecule has 0 aromatic heterocycles. The van der Waals surface area contributed by atoms with Gasteiger partial charge in [-0.15, -0.1) is 0 Å². The first-order chi connectivity index (χ1) is 3.75. The van der Waals surface area contributed by atoms with Crippen molar-refractivity contribution in [2.24, 2.45) is 0 Å². The van der Waals surface area contributed by atoms with Gasteiger partial charge in [-0.3, -0.25) is 4.90 Å². The highest BCUT2D eigenvalue weighted by molar-refractivity contribution is 4.86. The molecule has 1 fully saturated rings. The van der Waals surface area contributed by atoms with Crippen LogP contribution in [0.2, 0.25) is 0 Å². The Kier molecular flexibility index (Phi) is 1.54. The Morgan fingerprint density at radius 3 is 2.38 bits per heavy atom. The maximum Gasteiger partial charge on any atom is 0.0850 e. The maximum absolute atomic E-state index is 5.13. The van der Waals surface area contributed by atoms with E-state index in [0.717, 1.165) is 6.54 Å². The molecule has 1 aliphatic heterocycles. The highest BCUT2D eigenvalue weighted by Crippen LogP contribution is 2.16. The van der Waals surface area contributed by atoms with E-state index in [4.69, 9.17) is 4.74 Å². The van der Waals surface area contributed by atoms with E-state index in [9.17, 15) is 0 Å². The second-order valence-electron chi connectivity index (χ2n) is 2.45. The second kappa shape index (κ2) is 2.03. The second-order valence-corrected chi connectivity index (χ2v) is 2.45. The summed E-state index contributed by atoms with van der Waals surface area (Å²) < 4.78 is 5.13. The summed E-state index contributed by atoms with van der Waals surface area (Å²) in [5, 5.41) is 0. The minimum Gasteiger partial charge on any atom is -0.379 e. The molecule has 8 heavy (non-hydrogen) atoms. The van der Waals surface area contributed by atoms with Crippen molar-refractivity contribution in [1.82, 2.24) is 4.90 Å². The number of methoxy groups -OCH3 is 1. The minimum absolute atomic E-state index is 0.486. The molecule has 1 heterocycles. The van der Waals surface area contributed by atoms with Crippen LogP contribution < -0.4 is 0 Å². The van der Waals surface area contributed by atoms with Gasteiger partial charge in [0, 0.05) is 19.7 Å². The third-order valence-corrected chi connectivity index (χ3v) is 2.00. The predicted molar refractivity (Wildman–Crippen MR) is 32.9 cm³/mol. The first kappa shape index (κ1) is 6.05. The monoisotopic (exact) mass is 115 g/mol. The van der Waals surface area contributed by atoms with Crippen LogP contribution >= 0.6 is 0 Å². The molecule has 0 unspecified atom stereocenters. The molecule has 0 aromatic carbocycles. The molecule has 0 amide bonds. The van der Waals surface area contributed by atoms with Crippen LogP contribution in [-0.4, -0.2) is 37.7 Å². The van der Waals surface area contributed by atoms with E-state index in [0.29, 0.717) is 12.1 Å². The maximum atomic E-state index is 5.13. The normalized spacial score (nSPS) is 39.4. The first-order valence-electron chi connectivity index (χ1n) is 2.98. The molecular formula is C6H13NO. The van der Waals surface area contributed by atoms with Crippen LogP contribution in [-0.2, 0) is 4.74 Å². The highest BCUT2D eigenvalue weighted by Gasteiger charge is 2.31. The predicted octanol–water partition coefficient (Wildman–Crippen LogP) is 0.335. The summed E-state index contributed by atoms with van der Waals surface area (Å²) in [5.41, 5.74) is 0. The lowest BCUT2D eigenvalue weighted by atomic mass is 10.0.